The van der Waals surface area contributed by atoms with E-state index in [0.29, 0.717) is 10.8 Å². The molecule has 0 bridgehead atoms. The first kappa shape index (κ1) is 16.6. The Morgan fingerprint density at radius 2 is 2.10 bits per heavy atom. The molecule has 8 nitrogen and oxygen atoms in total. The zero-order valence-corrected chi connectivity index (χ0v) is 11.8. The van der Waals surface area contributed by atoms with Crippen LogP contribution in [-0.4, -0.2) is 36.2 Å². The van der Waals surface area contributed by atoms with Gasteiger partial charge in [0.15, 0.2) is 0 Å². The van der Waals surface area contributed by atoms with E-state index in [9.17, 15) is 14.4 Å². The van der Waals surface area contributed by atoms with Gasteiger partial charge in [-0.15, -0.1) is 0 Å². The van der Waals surface area contributed by atoms with E-state index < -0.39 is 30.4 Å². The first-order valence-electron chi connectivity index (χ1n) is 5.75. The molecule has 1 atom stereocenters. The molecule has 0 spiro atoms. The molecule has 114 valence electrons. The van der Waals surface area contributed by atoms with Crippen LogP contribution >= 0.6 is 11.6 Å². The Kier molecular flexibility index (Phi) is 5.79. The Labute approximate surface area is 125 Å². The normalized spacial score (nSPS) is 11.3. The standard InChI is InChI=1S/C12H14ClN3O5/c1-21-9-3-2-6(13)4-7(9)15-12(20)16-8(11(18)19)5-10(14)17/h2-4,8H,5H2,1H3,(H2,14,17)(H,18,19)(H2,15,16,20). The van der Waals surface area contributed by atoms with E-state index in [-0.39, 0.29) is 5.69 Å². The molecule has 0 fully saturated rings. The van der Waals surface area contributed by atoms with E-state index in [1.165, 1.54) is 19.2 Å². The number of aliphatic carboxylic acids is 1. The molecule has 1 aromatic rings. The summed E-state index contributed by atoms with van der Waals surface area (Å²) >= 11 is 5.80. The predicted molar refractivity (Wildman–Crippen MR) is 75.4 cm³/mol. The van der Waals surface area contributed by atoms with Crippen LogP contribution in [0.1, 0.15) is 6.42 Å². The molecule has 0 aliphatic rings. The molecule has 5 N–H and O–H groups in total. The quantitative estimate of drug-likeness (QED) is 0.616. The number of nitrogens with one attached hydrogen (secondary N) is 2. The molecular formula is C12H14ClN3O5. The zero-order valence-electron chi connectivity index (χ0n) is 11.1. The number of methoxy groups -OCH3 is 1. The van der Waals surface area contributed by atoms with Crippen LogP contribution < -0.4 is 21.1 Å². The van der Waals surface area contributed by atoms with Gasteiger partial charge in [-0.3, -0.25) is 4.79 Å². The maximum atomic E-state index is 11.8. The van der Waals surface area contributed by atoms with Gasteiger partial charge in [0.05, 0.1) is 19.2 Å². The minimum absolute atomic E-state index is 0.255. The third-order valence-corrected chi connectivity index (χ3v) is 2.65. The molecule has 1 unspecified atom stereocenters. The number of ether oxygens (including phenoxy) is 1. The van der Waals surface area contributed by atoms with Crippen molar-refractivity contribution in [2.45, 2.75) is 12.5 Å². The van der Waals surface area contributed by atoms with Gasteiger partial charge in [0.1, 0.15) is 11.8 Å². The zero-order chi connectivity index (χ0) is 16.0. The summed E-state index contributed by atoms with van der Waals surface area (Å²) < 4.78 is 5.03. The number of carbonyl (C=O) groups excluding carboxylic acids is 2. The number of halogens is 1. The molecule has 9 heteroatoms. The number of benzene rings is 1. The van der Waals surface area contributed by atoms with Crippen molar-refractivity contribution in [2.75, 3.05) is 12.4 Å². The van der Waals surface area contributed by atoms with Crippen molar-refractivity contribution in [3.05, 3.63) is 23.2 Å². The molecule has 0 radical (unpaired) electrons. The van der Waals surface area contributed by atoms with E-state index in [1.54, 1.807) is 6.07 Å². The van der Waals surface area contributed by atoms with Gasteiger partial charge in [-0.25, -0.2) is 9.59 Å². The predicted octanol–water partition coefficient (Wildman–Crippen LogP) is 0.799. The lowest BCUT2D eigenvalue weighted by molar-refractivity contribution is -0.140. The number of primary amides is 1. The largest absolute Gasteiger partial charge is 0.495 e. The van der Waals surface area contributed by atoms with Crippen molar-refractivity contribution in [1.29, 1.82) is 0 Å². The summed E-state index contributed by atoms with van der Waals surface area (Å²) in [5.41, 5.74) is 5.17. The van der Waals surface area contributed by atoms with Crippen molar-refractivity contribution in [2.24, 2.45) is 5.73 Å². The van der Waals surface area contributed by atoms with Crippen molar-refractivity contribution in [1.82, 2.24) is 5.32 Å². The Bertz CT molecular complexity index is 564. The molecular weight excluding hydrogens is 302 g/mol. The fraction of sp³-hybridized carbons (Fsp3) is 0.250. The smallest absolute Gasteiger partial charge is 0.326 e. The van der Waals surface area contributed by atoms with Crippen LogP contribution in [-0.2, 0) is 9.59 Å². The van der Waals surface area contributed by atoms with Gasteiger partial charge in [-0.1, -0.05) is 11.6 Å². The Morgan fingerprint density at radius 1 is 1.43 bits per heavy atom. The summed E-state index contributed by atoms with van der Waals surface area (Å²) in [7, 11) is 1.40. The Morgan fingerprint density at radius 3 is 2.62 bits per heavy atom. The van der Waals surface area contributed by atoms with E-state index in [0.717, 1.165) is 0 Å². The molecule has 0 saturated heterocycles. The number of hydrogen-bond acceptors (Lipinski definition) is 4. The number of carboxylic acids is 1. The van der Waals surface area contributed by atoms with Gasteiger partial charge < -0.3 is 26.2 Å². The molecule has 1 aromatic carbocycles. The number of urea groups is 1. The highest BCUT2D eigenvalue weighted by Crippen LogP contribution is 2.27. The molecule has 0 aliphatic carbocycles. The van der Waals surface area contributed by atoms with Gasteiger partial charge >= 0.3 is 12.0 Å². The number of carboxylic acid groups (broad SMARTS) is 1. The molecule has 1 rings (SSSR count). The Hall–Kier alpha value is -2.48. The van der Waals surface area contributed by atoms with Gasteiger partial charge in [0.25, 0.3) is 0 Å². The van der Waals surface area contributed by atoms with Crippen LogP contribution in [0.4, 0.5) is 10.5 Å². The molecule has 0 aromatic heterocycles. The number of rotatable bonds is 6. The molecule has 21 heavy (non-hydrogen) atoms. The van der Waals surface area contributed by atoms with Crippen molar-refractivity contribution < 1.29 is 24.2 Å². The second kappa shape index (κ2) is 7.34. The van der Waals surface area contributed by atoms with Gasteiger partial charge in [-0.05, 0) is 18.2 Å². The van der Waals surface area contributed by atoms with Gasteiger partial charge in [0.2, 0.25) is 5.91 Å². The summed E-state index contributed by atoms with van der Waals surface area (Å²) in [6.45, 7) is 0. The third kappa shape index (κ3) is 5.19. The highest BCUT2D eigenvalue weighted by atomic mass is 35.5. The topological polar surface area (TPSA) is 131 Å². The molecule has 3 amide bonds. The average Bonchev–Trinajstić information content (AvgIpc) is 2.37. The van der Waals surface area contributed by atoms with E-state index >= 15 is 0 Å². The van der Waals surface area contributed by atoms with Crippen LogP contribution in [0.25, 0.3) is 0 Å². The van der Waals surface area contributed by atoms with Gasteiger partial charge in [0, 0.05) is 5.02 Å². The first-order chi connectivity index (χ1) is 9.83. The van der Waals surface area contributed by atoms with E-state index in [1.807, 2.05) is 0 Å². The summed E-state index contributed by atoms with van der Waals surface area (Å²) in [5.74, 6) is -1.87. The lowest BCUT2D eigenvalue weighted by Crippen LogP contribution is -2.45. The van der Waals surface area contributed by atoms with E-state index in [2.05, 4.69) is 10.6 Å². The maximum Gasteiger partial charge on any atom is 0.326 e. The fourth-order valence-electron chi connectivity index (χ4n) is 1.50. The van der Waals surface area contributed by atoms with Crippen molar-refractivity contribution >= 4 is 35.2 Å². The number of amides is 3. The summed E-state index contributed by atoms with van der Waals surface area (Å²) in [5, 5.41) is 13.7. The third-order valence-electron chi connectivity index (χ3n) is 2.42. The first-order valence-corrected chi connectivity index (χ1v) is 6.13. The minimum atomic E-state index is -1.42. The van der Waals surface area contributed by atoms with Crippen molar-refractivity contribution in [3.63, 3.8) is 0 Å². The lowest BCUT2D eigenvalue weighted by atomic mass is 10.2. The number of anilines is 1. The SMILES string of the molecule is COc1ccc(Cl)cc1NC(=O)NC(CC(N)=O)C(=O)O. The molecule has 0 aliphatic heterocycles. The van der Waals surface area contributed by atoms with Crippen LogP contribution in [0, 0.1) is 0 Å². The van der Waals surface area contributed by atoms with E-state index in [4.69, 9.17) is 27.2 Å². The van der Waals surface area contributed by atoms with Crippen LogP contribution in [0.3, 0.4) is 0 Å². The van der Waals surface area contributed by atoms with Crippen LogP contribution in [0.15, 0.2) is 18.2 Å². The highest BCUT2D eigenvalue weighted by Gasteiger charge is 2.22. The Balaban J connectivity index is 2.78. The minimum Gasteiger partial charge on any atom is -0.495 e. The monoisotopic (exact) mass is 315 g/mol. The fourth-order valence-corrected chi connectivity index (χ4v) is 1.67. The summed E-state index contributed by atoms with van der Waals surface area (Å²) in [6.07, 6.45) is -0.518. The maximum absolute atomic E-state index is 11.8. The molecule has 0 heterocycles. The van der Waals surface area contributed by atoms with Crippen LogP contribution in [0.2, 0.25) is 5.02 Å². The van der Waals surface area contributed by atoms with Crippen molar-refractivity contribution in [3.8, 4) is 5.75 Å². The second-order valence-corrected chi connectivity index (χ2v) is 4.44. The highest BCUT2D eigenvalue weighted by molar-refractivity contribution is 6.31. The molecule has 0 saturated carbocycles. The summed E-state index contributed by atoms with van der Waals surface area (Å²) in [6, 6.07) is 2.29. The number of carbonyl (C=O) groups is 3. The lowest BCUT2D eigenvalue weighted by Gasteiger charge is -2.15. The summed E-state index contributed by atoms with van der Waals surface area (Å²) in [4.78, 5) is 33.4. The van der Waals surface area contributed by atoms with Crippen LogP contribution in [0.5, 0.6) is 5.75 Å². The second-order valence-electron chi connectivity index (χ2n) is 4.00. The van der Waals surface area contributed by atoms with Gasteiger partial charge in [-0.2, -0.15) is 0 Å². The number of nitrogens with two attached hydrogens (primary N) is 1. The average molecular weight is 316 g/mol. The number of hydrogen-bond donors (Lipinski definition) is 4.